The highest BCUT2D eigenvalue weighted by Gasteiger charge is 2.48. The van der Waals surface area contributed by atoms with Crippen LogP contribution in [0.25, 0.3) is 0 Å². The molecule has 2 aromatic rings. The van der Waals surface area contributed by atoms with Crippen LogP contribution in [0.3, 0.4) is 0 Å². The molecule has 2 aromatic carbocycles. The van der Waals surface area contributed by atoms with E-state index < -0.39 is 11.6 Å². The maximum Gasteiger partial charge on any atom is 0.325 e. The van der Waals surface area contributed by atoms with Gasteiger partial charge >= 0.3 is 6.03 Å². The zero-order valence-corrected chi connectivity index (χ0v) is 15.7. The van der Waals surface area contributed by atoms with Gasteiger partial charge in [0, 0.05) is 16.6 Å². The highest BCUT2D eigenvalue weighted by molar-refractivity contribution is 6.31. The average Bonchev–Trinajstić information content (AvgIpc) is 2.84. The molecule has 0 spiro atoms. The summed E-state index contributed by atoms with van der Waals surface area (Å²) in [6.45, 7) is 2.34. The Kier molecular flexibility index (Phi) is 5.39. The number of benzene rings is 2. The SMILES string of the molecule is CC1(c2cccc(Cl)c2)NC(=O)N(CCCOc2ccc(Cl)cc2)C1=O. The zero-order chi connectivity index (χ0) is 18.7. The Morgan fingerprint density at radius 1 is 1.08 bits per heavy atom. The van der Waals surface area contributed by atoms with Crippen LogP contribution in [0.15, 0.2) is 48.5 Å². The van der Waals surface area contributed by atoms with E-state index in [4.69, 9.17) is 27.9 Å². The molecule has 0 saturated carbocycles. The first kappa shape index (κ1) is 18.5. The van der Waals surface area contributed by atoms with E-state index >= 15 is 0 Å². The molecule has 1 aliphatic heterocycles. The number of nitrogens with one attached hydrogen (secondary N) is 1. The third-order valence-corrected chi connectivity index (χ3v) is 4.77. The lowest BCUT2D eigenvalue weighted by Crippen LogP contribution is -2.41. The molecule has 1 unspecified atom stereocenters. The summed E-state index contributed by atoms with van der Waals surface area (Å²) >= 11 is 11.8. The van der Waals surface area contributed by atoms with Crippen molar-refractivity contribution in [2.45, 2.75) is 18.9 Å². The van der Waals surface area contributed by atoms with Gasteiger partial charge in [-0.3, -0.25) is 9.69 Å². The van der Waals surface area contributed by atoms with E-state index in [2.05, 4.69) is 5.32 Å². The Hall–Kier alpha value is -2.24. The standard InChI is InChI=1S/C19H18Cl2N2O3/c1-19(13-4-2-5-15(21)12-13)17(24)23(18(25)22-19)10-3-11-26-16-8-6-14(20)7-9-16/h2,4-9,12H,3,10-11H2,1H3,(H,22,25). The lowest BCUT2D eigenvalue weighted by molar-refractivity contribution is -0.131. The third-order valence-electron chi connectivity index (χ3n) is 4.29. The monoisotopic (exact) mass is 392 g/mol. The molecular formula is C19H18Cl2N2O3. The first-order chi connectivity index (χ1) is 12.4. The first-order valence-corrected chi connectivity index (χ1v) is 8.94. The Morgan fingerprint density at radius 3 is 2.50 bits per heavy atom. The van der Waals surface area contributed by atoms with Crippen LogP contribution in [-0.2, 0) is 10.3 Å². The van der Waals surface area contributed by atoms with Crippen molar-refractivity contribution in [3.05, 3.63) is 64.1 Å². The van der Waals surface area contributed by atoms with E-state index in [-0.39, 0.29) is 12.5 Å². The van der Waals surface area contributed by atoms with Crippen LogP contribution < -0.4 is 10.1 Å². The number of hydrogen-bond acceptors (Lipinski definition) is 3. The van der Waals surface area contributed by atoms with Crippen LogP contribution in [0, 0.1) is 0 Å². The van der Waals surface area contributed by atoms with Crippen molar-refractivity contribution in [1.29, 1.82) is 0 Å². The Morgan fingerprint density at radius 2 is 1.81 bits per heavy atom. The second-order valence-corrected chi connectivity index (χ2v) is 7.05. The van der Waals surface area contributed by atoms with Gasteiger partial charge in [0.25, 0.3) is 5.91 Å². The predicted molar refractivity (Wildman–Crippen MR) is 101 cm³/mol. The average molecular weight is 393 g/mol. The lowest BCUT2D eigenvalue weighted by Gasteiger charge is -2.22. The summed E-state index contributed by atoms with van der Waals surface area (Å²) in [6, 6.07) is 13.5. The summed E-state index contributed by atoms with van der Waals surface area (Å²) in [6.07, 6.45) is 0.521. The fourth-order valence-corrected chi connectivity index (χ4v) is 3.15. The van der Waals surface area contributed by atoms with Gasteiger partial charge in [0.05, 0.1) is 6.61 Å². The number of hydrogen-bond donors (Lipinski definition) is 1. The number of carbonyl (C=O) groups excluding carboxylic acids is 2. The number of halogens is 2. The smallest absolute Gasteiger partial charge is 0.325 e. The largest absolute Gasteiger partial charge is 0.494 e. The number of imide groups is 1. The number of nitrogens with zero attached hydrogens (tertiary/aromatic N) is 1. The molecule has 1 atom stereocenters. The number of urea groups is 1. The molecule has 0 aromatic heterocycles. The van der Waals surface area contributed by atoms with Gasteiger partial charge in [0.1, 0.15) is 11.3 Å². The van der Waals surface area contributed by atoms with E-state index in [9.17, 15) is 9.59 Å². The fourth-order valence-electron chi connectivity index (χ4n) is 2.84. The van der Waals surface area contributed by atoms with Crippen molar-refractivity contribution in [2.75, 3.05) is 13.2 Å². The molecule has 1 saturated heterocycles. The van der Waals surface area contributed by atoms with Crippen molar-refractivity contribution < 1.29 is 14.3 Å². The zero-order valence-electron chi connectivity index (χ0n) is 14.2. The summed E-state index contributed by atoms with van der Waals surface area (Å²) in [4.78, 5) is 26.3. The summed E-state index contributed by atoms with van der Waals surface area (Å²) in [7, 11) is 0. The number of rotatable bonds is 6. The van der Waals surface area contributed by atoms with Crippen LogP contribution in [0.2, 0.25) is 10.0 Å². The van der Waals surface area contributed by atoms with E-state index in [1.165, 1.54) is 4.90 Å². The van der Waals surface area contributed by atoms with E-state index in [1.807, 2.05) is 0 Å². The Balaban J connectivity index is 1.59. The van der Waals surface area contributed by atoms with E-state index in [0.717, 1.165) is 0 Å². The molecule has 1 heterocycles. The molecule has 7 heteroatoms. The fraction of sp³-hybridized carbons (Fsp3) is 0.263. The summed E-state index contributed by atoms with van der Waals surface area (Å²) in [5.74, 6) is 0.395. The molecular weight excluding hydrogens is 375 g/mol. The van der Waals surface area contributed by atoms with Gasteiger partial charge in [-0.1, -0.05) is 35.3 Å². The van der Waals surface area contributed by atoms with Crippen LogP contribution in [0.5, 0.6) is 5.75 Å². The third kappa shape index (κ3) is 3.79. The molecule has 0 radical (unpaired) electrons. The van der Waals surface area contributed by atoms with Gasteiger partial charge < -0.3 is 10.1 Å². The predicted octanol–water partition coefficient (Wildman–Crippen LogP) is 4.23. The minimum Gasteiger partial charge on any atom is -0.494 e. The highest BCUT2D eigenvalue weighted by Crippen LogP contribution is 2.30. The van der Waals surface area contributed by atoms with Crippen LogP contribution in [0.4, 0.5) is 4.79 Å². The molecule has 1 fully saturated rings. The van der Waals surface area contributed by atoms with Crippen LogP contribution in [0.1, 0.15) is 18.9 Å². The van der Waals surface area contributed by atoms with Crippen molar-refractivity contribution in [1.82, 2.24) is 10.2 Å². The van der Waals surface area contributed by atoms with Crippen molar-refractivity contribution in [3.8, 4) is 5.75 Å². The normalized spacial score (nSPS) is 19.6. The molecule has 26 heavy (non-hydrogen) atoms. The van der Waals surface area contributed by atoms with Crippen LogP contribution in [-0.4, -0.2) is 30.0 Å². The number of ether oxygens (including phenoxy) is 1. The molecule has 1 aliphatic rings. The second-order valence-electron chi connectivity index (χ2n) is 6.18. The highest BCUT2D eigenvalue weighted by atomic mass is 35.5. The quantitative estimate of drug-likeness (QED) is 0.590. The summed E-state index contributed by atoms with van der Waals surface area (Å²) in [5, 5.41) is 3.91. The Bertz CT molecular complexity index is 826. The van der Waals surface area contributed by atoms with Gasteiger partial charge in [-0.15, -0.1) is 0 Å². The van der Waals surface area contributed by atoms with Gasteiger partial charge in [-0.05, 0) is 55.3 Å². The van der Waals surface area contributed by atoms with Gasteiger partial charge in [0.2, 0.25) is 0 Å². The molecule has 1 N–H and O–H groups in total. The topological polar surface area (TPSA) is 58.6 Å². The van der Waals surface area contributed by atoms with Gasteiger partial charge in [-0.2, -0.15) is 0 Å². The maximum absolute atomic E-state index is 12.8. The molecule has 3 rings (SSSR count). The summed E-state index contributed by atoms with van der Waals surface area (Å²) < 4.78 is 5.60. The van der Waals surface area contributed by atoms with Gasteiger partial charge in [-0.25, -0.2) is 4.79 Å². The Labute approximate surface area is 161 Å². The molecule has 136 valence electrons. The molecule has 0 aliphatic carbocycles. The lowest BCUT2D eigenvalue weighted by atomic mass is 9.92. The molecule has 5 nitrogen and oxygen atoms in total. The number of amides is 3. The van der Waals surface area contributed by atoms with Crippen LogP contribution >= 0.6 is 23.2 Å². The van der Waals surface area contributed by atoms with E-state index in [1.54, 1.807) is 55.5 Å². The summed E-state index contributed by atoms with van der Waals surface area (Å²) in [5.41, 5.74) is -0.456. The molecule has 0 bridgehead atoms. The second kappa shape index (κ2) is 7.56. The maximum atomic E-state index is 12.8. The van der Waals surface area contributed by atoms with Gasteiger partial charge in [0.15, 0.2) is 0 Å². The minimum atomic E-state index is -1.11. The van der Waals surface area contributed by atoms with E-state index in [0.29, 0.717) is 34.4 Å². The molecule has 3 amide bonds. The van der Waals surface area contributed by atoms with Crippen molar-refractivity contribution >= 4 is 35.1 Å². The van der Waals surface area contributed by atoms with Crippen molar-refractivity contribution in [3.63, 3.8) is 0 Å². The van der Waals surface area contributed by atoms with Crippen molar-refractivity contribution in [2.24, 2.45) is 0 Å². The first-order valence-electron chi connectivity index (χ1n) is 8.19. The number of carbonyl (C=O) groups is 2. The minimum absolute atomic E-state index is 0.272.